The van der Waals surface area contributed by atoms with E-state index >= 15 is 0 Å². The molecule has 22 heavy (non-hydrogen) atoms. The lowest BCUT2D eigenvalue weighted by Crippen LogP contribution is -2.40. The number of hydrogen-bond donors (Lipinski definition) is 1. The summed E-state index contributed by atoms with van der Waals surface area (Å²) < 4.78 is 7.78. The number of nitro groups is 1. The summed E-state index contributed by atoms with van der Waals surface area (Å²) >= 11 is 0.819. The topological polar surface area (TPSA) is 127 Å². The fourth-order valence-electron chi connectivity index (χ4n) is 2.57. The molecule has 1 atom stereocenters. The lowest BCUT2D eigenvalue weighted by Gasteiger charge is -2.21. The van der Waals surface area contributed by atoms with Gasteiger partial charge in [-0.05, 0) is 18.9 Å². The molecule has 0 radical (unpaired) electrons. The summed E-state index contributed by atoms with van der Waals surface area (Å²) in [6.07, 6.45) is 0.967. The van der Waals surface area contributed by atoms with E-state index in [1.807, 2.05) is 0 Å². The predicted octanol–water partition coefficient (Wildman–Crippen LogP) is 1.29. The Morgan fingerprint density at radius 3 is 2.86 bits per heavy atom. The Kier molecular flexibility index (Phi) is 3.45. The molecule has 1 saturated heterocycles. The van der Waals surface area contributed by atoms with Crippen molar-refractivity contribution >= 4 is 40.3 Å². The number of rotatable bonds is 3. The van der Waals surface area contributed by atoms with Crippen LogP contribution in [-0.2, 0) is 4.79 Å². The number of benzene rings is 1. The standard InChI is InChI=1S/C12H10N4O5S/c17-11(15-3-1-2-8(15)12(18)19)6-4-7-10(14-22-13-7)9(5-6)16(20)21/h4-5,8H,1-3H2,(H,18,19)/t8-/m1/s1. The van der Waals surface area contributed by atoms with Gasteiger partial charge in [0.2, 0.25) is 0 Å². The summed E-state index contributed by atoms with van der Waals surface area (Å²) in [6.45, 7) is 0.316. The Balaban J connectivity index is 2.04. The molecular weight excluding hydrogens is 312 g/mol. The molecule has 1 aliphatic rings. The number of carboxylic acids is 1. The number of aromatic nitrogens is 2. The maximum absolute atomic E-state index is 12.5. The van der Waals surface area contributed by atoms with Gasteiger partial charge in [0.25, 0.3) is 11.6 Å². The molecule has 0 aliphatic carbocycles. The van der Waals surface area contributed by atoms with E-state index in [4.69, 9.17) is 5.11 Å². The van der Waals surface area contributed by atoms with Crippen molar-refractivity contribution in [1.29, 1.82) is 0 Å². The lowest BCUT2D eigenvalue weighted by molar-refractivity contribution is -0.383. The molecule has 1 amide bonds. The minimum Gasteiger partial charge on any atom is -0.480 e. The van der Waals surface area contributed by atoms with Gasteiger partial charge in [0.1, 0.15) is 11.6 Å². The molecular formula is C12H10N4O5S. The first-order valence-corrected chi connectivity index (χ1v) is 7.16. The number of hydrogen-bond acceptors (Lipinski definition) is 7. The number of non-ortho nitro benzene ring substituents is 1. The van der Waals surface area contributed by atoms with Gasteiger partial charge in [-0.15, -0.1) is 0 Å². The van der Waals surface area contributed by atoms with Crippen molar-refractivity contribution in [3.8, 4) is 0 Å². The molecule has 0 bridgehead atoms. The third-order valence-electron chi connectivity index (χ3n) is 3.58. The highest BCUT2D eigenvalue weighted by atomic mass is 32.1. The average Bonchev–Trinajstić information content (AvgIpc) is 3.13. The summed E-state index contributed by atoms with van der Waals surface area (Å²) in [6, 6.07) is 1.64. The molecule has 3 rings (SSSR count). The Morgan fingerprint density at radius 1 is 1.41 bits per heavy atom. The SMILES string of the molecule is O=C(O)[C@H]1CCCN1C(=O)c1cc([N+](=O)[O-])c2nsnc2c1. The van der Waals surface area contributed by atoms with Crippen LogP contribution >= 0.6 is 11.7 Å². The summed E-state index contributed by atoms with van der Waals surface area (Å²) in [5, 5.41) is 20.2. The fraction of sp³-hybridized carbons (Fsp3) is 0.333. The summed E-state index contributed by atoms with van der Waals surface area (Å²) in [5.41, 5.74) is 0.136. The largest absolute Gasteiger partial charge is 0.480 e. The van der Waals surface area contributed by atoms with Crippen molar-refractivity contribution in [2.24, 2.45) is 0 Å². The number of amides is 1. The van der Waals surface area contributed by atoms with Gasteiger partial charge in [-0.25, -0.2) is 4.79 Å². The van der Waals surface area contributed by atoms with E-state index in [0.29, 0.717) is 19.4 Å². The number of nitrogens with zero attached hydrogens (tertiary/aromatic N) is 4. The average molecular weight is 322 g/mol. The first kappa shape index (κ1) is 14.3. The Morgan fingerprint density at radius 2 is 2.18 bits per heavy atom. The van der Waals surface area contributed by atoms with E-state index < -0.39 is 22.8 Å². The van der Waals surface area contributed by atoms with Crippen LogP contribution in [0.3, 0.4) is 0 Å². The Hall–Kier alpha value is -2.62. The second-order valence-electron chi connectivity index (χ2n) is 4.88. The molecule has 1 aromatic heterocycles. The molecule has 2 heterocycles. The van der Waals surface area contributed by atoms with Crippen LogP contribution in [0.25, 0.3) is 11.0 Å². The van der Waals surface area contributed by atoms with Crippen molar-refractivity contribution in [3.63, 3.8) is 0 Å². The van der Waals surface area contributed by atoms with Crippen LogP contribution in [-0.4, -0.2) is 48.1 Å². The minimum atomic E-state index is -1.07. The Labute approximate surface area is 127 Å². The number of nitro benzene ring substituents is 1. The van der Waals surface area contributed by atoms with Crippen LogP contribution in [0.1, 0.15) is 23.2 Å². The quantitative estimate of drug-likeness (QED) is 0.666. The van der Waals surface area contributed by atoms with Crippen molar-refractivity contribution in [3.05, 3.63) is 27.8 Å². The number of carboxylic acid groups (broad SMARTS) is 1. The molecule has 0 spiro atoms. The van der Waals surface area contributed by atoms with Gasteiger partial charge in [0, 0.05) is 18.2 Å². The number of carbonyl (C=O) groups is 2. The highest BCUT2D eigenvalue weighted by molar-refractivity contribution is 7.00. The number of fused-ring (bicyclic) bond motifs is 1. The zero-order valence-electron chi connectivity index (χ0n) is 11.1. The summed E-state index contributed by atoms with van der Waals surface area (Å²) in [5.74, 6) is -1.61. The molecule has 2 aromatic rings. The Bertz CT molecular complexity index is 789. The number of carbonyl (C=O) groups excluding carboxylic acids is 1. The van der Waals surface area contributed by atoms with E-state index in [9.17, 15) is 19.7 Å². The van der Waals surface area contributed by atoms with Gasteiger partial charge < -0.3 is 10.0 Å². The van der Waals surface area contributed by atoms with E-state index in [1.165, 1.54) is 11.0 Å². The second kappa shape index (κ2) is 5.30. The second-order valence-corrected chi connectivity index (χ2v) is 5.41. The molecule has 9 nitrogen and oxygen atoms in total. The van der Waals surface area contributed by atoms with Gasteiger partial charge >= 0.3 is 5.97 Å². The van der Waals surface area contributed by atoms with Gasteiger partial charge in [0.15, 0.2) is 5.52 Å². The molecule has 0 saturated carbocycles. The van der Waals surface area contributed by atoms with Crippen molar-refractivity contribution in [2.75, 3.05) is 6.54 Å². The van der Waals surface area contributed by atoms with Gasteiger partial charge in [-0.2, -0.15) is 8.75 Å². The van der Waals surface area contributed by atoms with E-state index in [0.717, 1.165) is 17.8 Å². The molecule has 1 aliphatic heterocycles. The van der Waals surface area contributed by atoms with Gasteiger partial charge in [-0.3, -0.25) is 14.9 Å². The number of aliphatic carboxylic acids is 1. The van der Waals surface area contributed by atoms with Crippen LogP contribution in [0.5, 0.6) is 0 Å². The maximum Gasteiger partial charge on any atom is 0.326 e. The summed E-state index contributed by atoms with van der Waals surface area (Å²) in [4.78, 5) is 35.4. The predicted molar refractivity (Wildman–Crippen MR) is 75.8 cm³/mol. The lowest BCUT2D eigenvalue weighted by atomic mass is 10.1. The van der Waals surface area contributed by atoms with Gasteiger partial charge in [0.05, 0.1) is 16.7 Å². The smallest absolute Gasteiger partial charge is 0.326 e. The van der Waals surface area contributed by atoms with Crippen LogP contribution in [0.15, 0.2) is 12.1 Å². The first-order chi connectivity index (χ1) is 10.5. The van der Waals surface area contributed by atoms with Crippen molar-refractivity contribution in [1.82, 2.24) is 13.6 Å². The molecule has 114 valence electrons. The molecule has 0 unspecified atom stereocenters. The third kappa shape index (κ3) is 2.26. The van der Waals surface area contributed by atoms with Crippen molar-refractivity contribution < 1.29 is 19.6 Å². The highest BCUT2D eigenvalue weighted by Gasteiger charge is 2.35. The molecule has 1 N–H and O–H groups in total. The zero-order valence-corrected chi connectivity index (χ0v) is 11.9. The van der Waals surface area contributed by atoms with E-state index in [-0.39, 0.29) is 22.3 Å². The minimum absolute atomic E-state index is 0.0556. The molecule has 10 heteroatoms. The highest BCUT2D eigenvalue weighted by Crippen LogP contribution is 2.28. The molecule has 1 fully saturated rings. The van der Waals surface area contributed by atoms with Gasteiger partial charge in [-0.1, -0.05) is 0 Å². The fourth-order valence-corrected chi connectivity index (χ4v) is 3.10. The third-order valence-corrected chi connectivity index (χ3v) is 4.13. The van der Waals surface area contributed by atoms with Crippen LogP contribution in [0.4, 0.5) is 5.69 Å². The van der Waals surface area contributed by atoms with Crippen LogP contribution in [0.2, 0.25) is 0 Å². The number of likely N-dealkylation sites (tertiary alicyclic amines) is 1. The van der Waals surface area contributed by atoms with Crippen molar-refractivity contribution in [2.45, 2.75) is 18.9 Å². The zero-order chi connectivity index (χ0) is 15.9. The maximum atomic E-state index is 12.5. The van der Waals surface area contributed by atoms with E-state index in [1.54, 1.807) is 0 Å². The van der Waals surface area contributed by atoms with Crippen LogP contribution < -0.4 is 0 Å². The first-order valence-electron chi connectivity index (χ1n) is 6.43. The van der Waals surface area contributed by atoms with Crippen LogP contribution in [0, 0.1) is 10.1 Å². The summed E-state index contributed by atoms with van der Waals surface area (Å²) in [7, 11) is 0. The monoisotopic (exact) mass is 322 g/mol. The normalized spacial score (nSPS) is 17.8. The molecule has 1 aromatic carbocycles. The van der Waals surface area contributed by atoms with E-state index in [2.05, 4.69) is 8.75 Å².